The van der Waals surface area contributed by atoms with E-state index in [4.69, 9.17) is 15.2 Å². The molecule has 3 aromatic heterocycles. The Kier molecular flexibility index (Phi) is 3.81. The van der Waals surface area contributed by atoms with Gasteiger partial charge in [0, 0.05) is 12.3 Å². The Balaban J connectivity index is 1.84. The summed E-state index contributed by atoms with van der Waals surface area (Å²) >= 11 is 0. The highest BCUT2D eigenvalue weighted by Gasteiger charge is 2.15. The van der Waals surface area contributed by atoms with Gasteiger partial charge in [0.1, 0.15) is 17.9 Å². The summed E-state index contributed by atoms with van der Waals surface area (Å²) in [7, 11) is 0. The number of aromatic nitrogens is 5. The van der Waals surface area contributed by atoms with Crippen molar-refractivity contribution in [3.05, 3.63) is 46.7 Å². The second kappa shape index (κ2) is 6.27. The minimum atomic E-state index is -0.341. The summed E-state index contributed by atoms with van der Waals surface area (Å²) in [6.07, 6.45) is 6.18. The maximum atomic E-state index is 12.3. The average Bonchev–Trinajstić information content (AvgIpc) is 2.90. The number of imidazole rings is 1. The Morgan fingerprint density at radius 2 is 2.16 bits per heavy atom. The number of nitrogens with two attached hydrogens (primary N) is 1. The first-order valence-electron chi connectivity index (χ1n) is 7.82. The number of anilines is 1. The van der Waals surface area contributed by atoms with E-state index in [-0.39, 0.29) is 24.1 Å². The predicted octanol–water partition coefficient (Wildman–Crippen LogP) is 0.863. The predicted molar refractivity (Wildman–Crippen MR) is 90.6 cm³/mol. The lowest BCUT2D eigenvalue weighted by molar-refractivity contribution is 0.300. The van der Waals surface area contributed by atoms with Gasteiger partial charge in [-0.3, -0.25) is 9.55 Å². The van der Waals surface area contributed by atoms with Crippen LogP contribution in [-0.2, 0) is 6.54 Å². The van der Waals surface area contributed by atoms with Gasteiger partial charge in [0.15, 0.2) is 11.5 Å². The van der Waals surface area contributed by atoms with Crippen molar-refractivity contribution in [3.63, 3.8) is 0 Å². The summed E-state index contributed by atoms with van der Waals surface area (Å²) in [6.45, 7) is 1.06. The molecule has 0 aromatic carbocycles. The van der Waals surface area contributed by atoms with E-state index in [0.717, 1.165) is 0 Å². The highest BCUT2D eigenvalue weighted by atomic mass is 16.5. The Bertz CT molecular complexity index is 1010. The number of hydrogen-bond donors (Lipinski definition) is 2. The van der Waals surface area contributed by atoms with Gasteiger partial charge in [0.25, 0.3) is 0 Å². The molecule has 128 valence electrons. The van der Waals surface area contributed by atoms with Gasteiger partial charge in [-0.25, -0.2) is 4.79 Å². The Labute approximate surface area is 142 Å². The summed E-state index contributed by atoms with van der Waals surface area (Å²) in [6, 6.07) is 3.70. The van der Waals surface area contributed by atoms with Crippen molar-refractivity contribution < 1.29 is 9.47 Å². The van der Waals surface area contributed by atoms with Crippen molar-refractivity contribution in [1.82, 2.24) is 24.5 Å². The van der Waals surface area contributed by atoms with Crippen LogP contribution in [0, 0.1) is 0 Å². The van der Waals surface area contributed by atoms with E-state index in [1.165, 1.54) is 4.57 Å². The maximum absolute atomic E-state index is 12.3. The summed E-state index contributed by atoms with van der Waals surface area (Å²) in [4.78, 5) is 27.7. The third-order valence-electron chi connectivity index (χ3n) is 3.77. The number of nitrogens with zero attached hydrogens (tertiary/aromatic N) is 4. The van der Waals surface area contributed by atoms with Crippen LogP contribution in [0.3, 0.4) is 0 Å². The molecule has 0 radical (unpaired) electrons. The molecule has 0 spiro atoms. The number of nitrogen functional groups attached to an aromatic ring is 1. The van der Waals surface area contributed by atoms with Gasteiger partial charge in [-0.2, -0.15) is 9.97 Å². The number of fused-ring (bicyclic) bond motifs is 3. The number of rotatable bonds is 0. The molecule has 9 nitrogen and oxygen atoms in total. The molecule has 4 rings (SSSR count). The van der Waals surface area contributed by atoms with Gasteiger partial charge in [0.2, 0.25) is 0 Å². The Hall–Kier alpha value is -3.36. The normalized spacial score (nSPS) is 14.6. The van der Waals surface area contributed by atoms with Gasteiger partial charge < -0.3 is 20.2 Å². The second-order valence-corrected chi connectivity index (χ2v) is 5.51. The molecule has 0 amide bonds. The molecule has 1 aliphatic rings. The first-order chi connectivity index (χ1) is 12.2. The largest absolute Gasteiger partial charge is 0.489 e. The number of nitrogens with one attached hydrogen (secondary N) is 1. The molecule has 0 atom stereocenters. The van der Waals surface area contributed by atoms with E-state index in [1.54, 1.807) is 18.3 Å². The average molecular weight is 340 g/mol. The molecule has 1 aliphatic heterocycles. The molecular weight excluding hydrogens is 324 g/mol. The number of pyridine rings is 1. The van der Waals surface area contributed by atoms with Gasteiger partial charge in [-0.15, -0.1) is 0 Å². The van der Waals surface area contributed by atoms with Crippen molar-refractivity contribution in [3.8, 4) is 11.8 Å². The lowest BCUT2D eigenvalue weighted by atomic mass is 10.3. The van der Waals surface area contributed by atoms with Crippen molar-refractivity contribution in [2.75, 3.05) is 18.9 Å². The second-order valence-electron chi connectivity index (χ2n) is 5.51. The van der Waals surface area contributed by atoms with Gasteiger partial charge >= 0.3 is 11.7 Å². The molecule has 3 aromatic rings. The fraction of sp³-hybridized carbons (Fsp3) is 0.250. The van der Waals surface area contributed by atoms with Crippen molar-refractivity contribution in [2.45, 2.75) is 13.0 Å². The van der Waals surface area contributed by atoms with Crippen molar-refractivity contribution in [1.29, 1.82) is 0 Å². The van der Waals surface area contributed by atoms with E-state index in [0.29, 0.717) is 42.2 Å². The quantitative estimate of drug-likeness (QED) is 0.582. The summed E-state index contributed by atoms with van der Waals surface area (Å²) in [5, 5.41) is 0. The number of hydrogen-bond acceptors (Lipinski definition) is 7. The standard InChI is InChI=1S/C16H16N6O3/c17-13-12-14-21-15(20-13)25-7-3-1-2-6-24-11-4-5-18-10(8-11)9-22(14)16(23)19-12/h1-2,4-5,8H,3,6-7,9H2,(H,19,23)(H2,17,20,21). The lowest BCUT2D eigenvalue weighted by Gasteiger charge is -2.07. The van der Waals surface area contributed by atoms with Crippen LogP contribution in [0.2, 0.25) is 0 Å². The van der Waals surface area contributed by atoms with E-state index in [2.05, 4.69) is 19.9 Å². The third-order valence-corrected chi connectivity index (χ3v) is 3.77. The monoisotopic (exact) mass is 340 g/mol. The van der Waals surface area contributed by atoms with Crippen LogP contribution in [-0.4, -0.2) is 37.7 Å². The topological polar surface area (TPSA) is 121 Å². The van der Waals surface area contributed by atoms with Gasteiger partial charge in [0.05, 0.1) is 18.8 Å². The SMILES string of the molecule is Nc1nc2nc3c1[nH]c(=O)n3Cc1cc(ccn1)OCC=CCCO2. The van der Waals surface area contributed by atoms with Crippen molar-refractivity contribution in [2.24, 2.45) is 0 Å². The zero-order chi connectivity index (χ0) is 17.2. The zero-order valence-electron chi connectivity index (χ0n) is 13.3. The van der Waals surface area contributed by atoms with E-state index < -0.39 is 0 Å². The highest BCUT2D eigenvalue weighted by Crippen LogP contribution is 2.19. The molecule has 4 heterocycles. The zero-order valence-corrected chi connectivity index (χ0v) is 13.3. The minimum absolute atomic E-state index is 0.138. The molecular formula is C16H16N6O3. The molecule has 0 fully saturated rings. The number of H-pyrrole nitrogens is 1. The van der Waals surface area contributed by atoms with Crippen molar-refractivity contribution >= 4 is 17.0 Å². The van der Waals surface area contributed by atoms with Crippen LogP contribution >= 0.6 is 0 Å². The first kappa shape index (κ1) is 15.2. The number of aromatic amines is 1. The van der Waals surface area contributed by atoms with E-state index >= 15 is 0 Å². The Morgan fingerprint density at radius 1 is 1.24 bits per heavy atom. The van der Waals surface area contributed by atoms with Crippen LogP contribution in [0.15, 0.2) is 35.3 Å². The van der Waals surface area contributed by atoms with Crippen LogP contribution < -0.4 is 20.9 Å². The molecule has 9 heteroatoms. The summed E-state index contributed by atoms with van der Waals surface area (Å²) in [5.74, 6) is 0.851. The van der Waals surface area contributed by atoms with Gasteiger partial charge in [-0.1, -0.05) is 12.2 Å². The minimum Gasteiger partial charge on any atom is -0.489 e. The summed E-state index contributed by atoms with van der Waals surface area (Å²) < 4.78 is 12.7. The summed E-state index contributed by atoms with van der Waals surface area (Å²) in [5.41, 5.74) is 7.02. The molecule has 4 bridgehead atoms. The third kappa shape index (κ3) is 3.03. The fourth-order valence-electron chi connectivity index (χ4n) is 2.58. The van der Waals surface area contributed by atoms with E-state index in [9.17, 15) is 4.79 Å². The maximum Gasteiger partial charge on any atom is 0.328 e. The molecule has 0 saturated heterocycles. The molecule has 0 saturated carbocycles. The van der Waals surface area contributed by atoms with Crippen LogP contribution in [0.4, 0.5) is 5.82 Å². The lowest BCUT2D eigenvalue weighted by Crippen LogP contribution is -2.18. The smallest absolute Gasteiger partial charge is 0.328 e. The highest BCUT2D eigenvalue weighted by molar-refractivity contribution is 5.81. The Morgan fingerprint density at radius 3 is 3.08 bits per heavy atom. The molecule has 3 N–H and O–H groups in total. The molecule has 0 unspecified atom stereocenters. The van der Waals surface area contributed by atoms with Crippen LogP contribution in [0.1, 0.15) is 12.1 Å². The number of ether oxygens (including phenoxy) is 2. The molecule has 0 aliphatic carbocycles. The molecule has 25 heavy (non-hydrogen) atoms. The van der Waals surface area contributed by atoms with Gasteiger partial charge in [-0.05, 0) is 12.5 Å². The fourth-order valence-corrected chi connectivity index (χ4v) is 2.58. The van der Waals surface area contributed by atoms with Crippen LogP contribution in [0.25, 0.3) is 11.2 Å². The van der Waals surface area contributed by atoms with Crippen LogP contribution in [0.5, 0.6) is 11.8 Å². The first-order valence-corrected chi connectivity index (χ1v) is 7.82. The van der Waals surface area contributed by atoms with E-state index in [1.807, 2.05) is 12.2 Å².